The highest BCUT2D eigenvalue weighted by molar-refractivity contribution is 7.86. The number of nitro groups is 1. The Morgan fingerprint density at radius 2 is 1.69 bits per heavy atom. The van der Waals surface area contributed by atoms with Crippen LogP contribution >= 0.6 is 0 Å². The normalized spacial score (nSPS) is 11.8. The maximum Gasteiger partial charge on any atom is 0.295 e. The molecule has 0 bridgehead atoms. The summed E-state index contributed by atoms with van der Waals surface area (Å²) < 4.78 is 39.5. The van der Waals surface area contributed by atoms with E-state index in [2.05, 4.69) is 15.3 Å². The summed E-state index contributed by atoms with van der Waals surface area (Å²) in [6.45, 7) is 1.84. The van der Waals surface area contributed by atoms with Crippen LogP contribution in [0.4, 0.5) is 17.1 Å². The van der Waals surface area contributed by atoms with Crippen LogP contribution in [0.5, 0.6) is 17.5 Å². The maximum atomic E-state index is 11.7. The first-order valence-corrected chi connectivity index (χ1v) is 11.4. The Balaban J connectivity index is 1.84. The summed E-state index contributed by atoms with van der Waals surface area (Å²) in [6, 6.07) is 12.1. The van der Waals surface area contributed by atoms with Gasteiger partial charge in [0.15, 0.2) is 0 Å². The Morgan fingerprint density at radius 3 is 2.29 bits per heavy atom. The van der Waals surface area contributed by atoms with Gasteiger partial charge in [-0.1, -0.05) is 24.3 Å². The molecule has 4 rings (SSSR count). The minimum atomic E-state index is -4.64. The minimum absolute atomic E-state index is 0.0950. The molecular weight excluding hydrogens is 482 g/mol. The van der Waals surface area contributed by atoms with Crippen LogP contribution in [0.2, 0.25) is 0 Å². The van der Waals surface area contributed by atoms with Gasteiger partial charge in [0, 0.05) is 29.0 Å². The number of fused-ring (bicyclic) bond motifs is 1. The summed E-state index contributed by atoms with van der Waals surface area (Å²) in [5.41, 5.74) is -0.201. The monoisotopic (exact) mass is 499 g/mol. The third-order valence-electron chi connectivity index (χ3n) is 4.88. The van der Waals surface area contributed by atoms with E-state index >= 15 is 0 Å². The molecule has 1 heterocycles. The molecule has 0 spiro atoms. The van der Waals surface area contributed by atoms with Gasteiger partial charge in [-0.25, -0.2) is 0 Å². The van der Waals surface area contributed by atoms with Crippen molar-refractivity contribution in [2.45, 2.75) is 11.8 Å². The molecule has 0 saturated heterocycles. The van der Waals surface area contributed by atoms with Gasteiger partial charge in [0.2, 0.25) is 11.6 Å². The van der Waals surface area contributed by atoms with Crippen LogP contribution in [0, 0.1) is 10.1 Å². The molecule has 0 saturated carbocycles. The molecule has 0 unspecified atom stereocenters. The van der Waals surface area contributed by atoms with Gasteiger partial charge in [-0.2, -0.15) is 13.1 Å². The highest BCUT2D eigenvalue weighted by Crippen LogP contribution is 2.43. The van der Waals surface area contributed by atoms with Gasteiger partial charge < -0.3 is 14.9 Å². The SMILES string of the molecule is CCOc1nn(-c2ccc([N+](=O)[O-])cc2)c(O)c1N=Nc1c(O)cc(S(=O)(=O)O)c2ccccc12. The first-order valence-electron chi connectivity index (χ1n) is 9.95. The van der Waals surface area contributed by atoms with Crippen LogP contribution in [-0.2, 0) is 10.1 Å². The summed E-state index contributed by atoms with van der Waals surface area (Å²) in [6.07, 6.45) is 0. The number of rotatable bonds is 7. The molecule has 0 radical (unpaired) electrons. The van der Waals surface area contributed by atoms with Crippen LogP contribution < -0.4 is 4.74 Å². The molecule has 35 heavy (non-hydrogen) atoms. The van der Waals surface area contributed by atoms with E-state index in [9.17, 15) is 33.3 Å². The van der Waals surface area contributed by atoms with Gasteiger partial charge in [-0.3, -0.25) is 14.7 Å². The summed E-state index contributed by atoms with van der Waals surface area (Å²) in [4.78, 5) is 9.82. The first-order chi connectivity index (χ1) is 16.6. The third kappa shape index (κ3) is 4.47. The predicted molar refractivity (Wildman–Crippen MR) is 123 cm³/mol. The van der Waals surface area contributed by atoms with Gasteiger partial charge in [0.1, 0.15) is 16.3 Å². The number of non-ortho nitro benzene ring substituents is 1. The zero-order valence-electron chi connectivity index (χ0n) is 17.9. The van der Waals surface area contributed by atoms with E-state index in [1.54, 1.807) is 19.1 Å². The fraction of sp³-hybridized carbons (Fsp3) is 0.0952. The lowest BCUT2D eigenvalue weighted by molar-refractivity contribution is -0.384. The number of ether oxygens (including phenoxy) is 1. The van der Waals surface area contributed by atoms with Crippen molar-refractivity contribution >= 4 is 38.0 Å². The van der Waals surface area contributed by atoms with E-state index in [1.807, 2.05) is 0 Å². The molecule has 0 aliphatic carbocycles. The number of hydrogen-bond donors (Lipinski definition) is 3. The number of nitrogens with zero attached hydrogens (tertiary/aromatic N) is 5. The maximum absolute atomic E-state index is 11.7. The molecule has 13 nitrogen and oxygen atoms in total. The number of nitro benzene ring substituents is 1. The molecule has 0 amide bonds. The van der Waals surface area contributed by atoms with Crippen LogP contribution in [0.15, 0.2) is 69.7 Å². The van der Waals surface area contributed by atoms with Crippen molar-refractivity contribution in [2.75, 3.05) is 6.61 Å². The zero-order valence-corrected chi connectivity index (χ0v) is 18.7. The Morgan fingerprint density at radius 1 is 1.06 bits per heavy atom. The molecule has 0 fully saturated rings. The second kappa shape index (κ2) is 9.00. The van der Waals surface area contributed by atoms with Crippen LogP contribution in [0.25, 0.3) is 16.5 Å². The summed E-state index contributed by atoms with van der Waals surface area (Å²) in [5.74, 6) is -1.19. The minimum Gasteiger partial charge on any atom is -0.506 e. The number of phenolic OH excluding ortho intramolecular Hbond substituents is 1. The van der Waals surface area contributed by atoms with Gasteiger partial charge >= 0.3 is 0 Å². The van der Waals surface area contributed by atoms with E-state index in [1.165, 1.54) is 36.4 Å². The number of benzene rings is 3. The molecule has 0 aliphatic heterocycles. The van der Waals surface area contributed by atoms with Crippen molar-refractivity contribution in [3.8, 4) is 23.2 Å². The molecular formula is C21H17N5O8S. The average molecular weight is 499 g/mol. The van der Waals surface area contributed by atoms with E-state index in [4.69, 9.17) is 4.74 Å². The molecule has 1 aromatic heterocycles. The van der Waals surface area contributed by atoms with Crippen molar-refractivity contribution in [3.05, 3.63) is 64.7 Å². The number of aromatic nitrogens is 2. The van der Waals surface area contributed by atoms with E-state index in [-0.39, 0.29) is 46.0 Å². The average Bonchev–Trinajstić information content (AvgIpc) is 3.12. The predicted octanol–water partition coefficient (Wildman–Crippen LogP) is 4.41. The van der Waals surface area contributed by atoms with Crippen molar-refractivity contribution in [1.82, 2.24) is 9.78 Å². The Bertz CT molecular complexity index is 1580. The largest absolute Gasteiger partial charge is 0.506 e. The Labute approximate surface area is 197 Å². The number of aromatic hydroxyl groups is 2. The van der Waals surface area contributed by atoms with Gasteiger partial charge in [-0.15, -0.1) is 15.3 Å². The number of hydrogen-bond acceptors (Lipinski definition) is 10. The second-order valence-corrected chi connectivity index (χ2v) is 8.45. The topological polar surface area (TPSA) is 190 Å². The highest BCUT2D eigenvalue weighted by atomic mass is 32.2. The van der Waals surface area contributed by atoms with Gasteiger partial charge in [0.25, 0.3) is 21.7 Å². The summed E-state index contributed by atoms with van der Waals surface area (Å²) in [7, 11) is -4.64. The second-order valence-electron chi connectivity index (χ2n) is 7.06. The smallest absolute Gasteiger partial charge is 0.295 e. The molecule has 0 atom stereocenters. The summed E-state index contributed by atoms with van der Waals surface area (Å²) >= 11 is 0. The van der Waals surface area contributed by atoms with E-state index in [0.29, 0.717) is 0 Å². The van der Waals surface area contributed by atoms with Crippen molar-refractivity contribution in [2.24, 2.45) is 10.2 Å². The number of phenols is 1. The fourth-order valence-corrected chi connectivity index (χ4v) is 4.05. The molecule has 180 valence electrons. The molecule has 14 heteroatoms. The van der Waals surface area contributed by atoms with Crippen LogP contribution in [0.1, 0.15) is 6.92 Å². The lowest BCUT2D eigenvalue weighted by Gasteiger charge is -2.08. The van der Waals surface area contributed by atoms with Crippen molar-refractivity contribution in [1.29, 1.82) is 0 Å². The fourth-order valence-electron chi connectivity index (χ4n) is 3.33. The lowest BCUT2D eigenvalue weighted by Crippen LogP contribution is -1.99. The van der Waals surface area contributed by atoms with Crippen molar-refractivity contribution in [3.63, 3.8) is 0 Å². The molecule has 3 N–H and O–H groups in total. The van der Waals surface area contributed by atoms with Crippen molar-refractivity contribution < 1.29 is 32.8 Å². The van der Waals surface area contributed by atoms with Gasteiger partial charge in [0.05, 0.1) is 17.2 Å². The highest BCUT2D eigenvalue weighted by Gasteiger charge is 2.22. The summed E-state index contributed by atoms with van der Waals surface area (Å²) in [5, 5.41) is 44.4. The first kappa shape index (κ1) is 23.6. The molecule has 0 aliphatic rings. The molecule has 3 aromatic carbocycles. The van der Waals surface area contributed by atoms with Crippen LogP contribution in [0.3, 0.4) is 0 Å². The quantitative estimate of drug-likeness (QED) is 0.143. The Hall–Kier alpha value is -4.56. The molecule has 4 aromatic rings. The standard InChI is InChI=1S/C21H17N5O8S/c1-2-34-20-19(21(28)25(24-20)12-7-9-13(10-8-12)26(29)30)23-22-18-15-6-4-3-5-14(15)17(11-16(18)27)35(31,32)33/h3-11,27-28H,2H2,1H3,(H,31,32,33). The number of azo groups is 1. The lowest BCUT2D eigenvalue weighted by atomic mass is 10.1. The van der Waals surface area contributed by atoms with Gasteiger partial charge in [-0.05, 0) is 19.1 Å². The van der Waals surface area contributed by atoms with E-state index < -0.39 is 31.6 Å². The Kier molecular flexibility index (Phi) is 6.07. The van der Waals surface area contributed by atoms with Crippen LogP contribution in [-0.4, -0.2) is 44.5 Å². The third-order valence-corrected chi connectivity index (χ3v) is 5.77. The zero-order chi connectivity index (χ0) is 25.3. The van der Waals surface area contributed by atoms with E-state index in [0.717, 1.165) is 10.7 Å².